The van der Waals surface area contributed by atoms with Gasteiger partial charge in [0.15, 0.2) is 16.8 Å². The van der Waals surface area contributed by atoms with E-state index in [0.717, 1.165) is 36.4 Å². The summed E-state index contributed by atoms with van der Waals surface area (Å²) in [5, 5.41) is 0. The maximum atomic E-state index is 14.8. The molecule has 3 saturated carbocycles. The number of benzene rings is 3. The van der Waals surface area contributed by atoms with Crippen molar-refractivity contribution in [3.8, 4) is 0 Å². The lowest BCUT2D eigenvalue weighted by molar-refractivity contribution is -0.0978. The van der Waals surface area contributed by atoms with Gasteiger partial charge in [0.2, 0.25) is 18.5 Å². The van der Waals surface area contributed by atoms with Gasteiger partial charge in [-0.25, -0.2) is 13.2 Å². The van der Waals surface area contributed by atoms with Crippen LogP contribution in [0.4, 0.5) is 39.5 Å². The van der Waals surface area contributed by atoms with Crippen molar-refractivity contribution in [2.45, 2.75) is 53.1 Å². The predicted molar refractivity (Wildman–Crippen MR) is 123 cm³/mol. The summed E-state index contributed by atoms with van der Waals surface area (Å²) in [6.45, 7) is 0. The Bertz CT molecular complexity index is 1230. The van der Waals surface area contributed by atoms with Gasteiger partial charge in [0.1, 0.15) is 0 Å². The smallest absolute Gasteiger partial charge is 0.367 e. The average Bonchev–Trinajstić information content (AvgIpc) is 3.73. The zero-order valence-corrected chi connectivity index (χ0v) is 20.1. The van der Waals surface area contributed by atoms with Crippen LogP contribution in [0.5, 0.6) is 0 Å². The van der Waals surface area contributed by atoms with Gasteiger partial charge in [-0.3, -0.25) is 0 Å². The fraction of sp³-hybridized carbons (Fsp3) is 0.333. The summed E-state index contributed by atoms with van der Waals surface area (Å²) >= 11 is 0. The van der Waals surface area contributed by atoms with Crippen LogP contribution in [0.3, 0.4) is 0 Å². The Labute approximate surface area is 222 Å². The Balaban J connectivity index is 1.46. The predicted octanol–water partition coefficient (Wildman–Crippen LogP) is 6.67. The first-order chi connectivity index (χ1) is 18.8. The van der Waals surface area contributed by atoms with Gasteiger partial charge in [0, 0.05) is 0 Å². The third-order valence-electron chi connectivity index (χ3n) is 7.72. The molecule has 3 aliphatic carbocycles. The third kappa shape index (κ3) is 3.28. The molecule has 0 radical (unpaired) electrons. The molecule has 3 aromatic rings. The summed E-state index contributed by atoms with van der Waals surface area (Å²) in [5.74, 6) is -12.9. The molecule has 6 rings (SSSR count). The van der Waals surface area contributed by atoms with E-state index in [1.54, 1.807) is 0 Å². The summed E-state index contributed by atoms with van der Waals surface area (Å²) in [6, 6.07) is 17.8. The zero-order chi connectivity index (χ0) is 28.8. The highest BCUT2D eigenvalue weighted by molar-refractivity contribution is 6.37. The van der Waals surface area contributed by atoms with Gasteiger partial charge in [-0.15, -0.1) is 0 Å². The van der Waals surface area contributed by atoms with E-state index in [-0.39, 0.29) is 0 Å². The van der Waals surface area contributed by atoms with Gasteiger partial charge >= 0.3 is 25.1 Å². The van der Waals surface area contributed by atoms with Crippen molar-refractivity contribution in [1.29, 1.82) is 0 Å². The molecule has 210 valence electrons. The lowest BCUT2D eigenvalue weighted by Crippen LogP contribution is -2.44. The molecule has 0 aromatic heterocycles. The van der Waals surface area contributed by atoms with E-state index in [1.165, 1.54) is 54.6 Å². The minimum Gasteiger partial charge on any atom is -0.367 e. The third-order valence-corrected chi connectivity index (χ3v) is 7.72. The normalized spacial score (nSPS) is 36.1. The van der Waals surface area contributed by atoms with Gasteiger partial charge in [-0.05, 0) is 16.7 Å². The molecule has 3 fully saturated rings. The summed E-state index contributed by atoms with van der Waals surface area (Å²) < 4.78 is 149. The van der Waals surface area contributed by atoms with Crippen LogP contribution in [0.1, 0.15) is 16.7 Å². The van der Waals surface area contributed by atoms with Gasteiger partial charge in [-0.2, -0.15) is 26.3 Å². The molecule has 0 N–H and O–H groups in total. The highest BCUT2D eigenvalue weighted by atomic mass is 19.3. The molecule has 3 nitrogen and oxygen atoms in total. The number of alkyl halides is 9. The highest BCUT2D eigenvalue weighted by Gasteiger charge is 2.91. The molecule has 0 amide bonds. The summed E-state index contributed by atoms with van der Waals surface area (Å²) in [5.41, 5.74) is -11.3. The lowest BCUT2D eigenvalue weighted by Gasteiger charge is -2.29. The van der Waals surface area contributed by atoms with E-state index < -0.39 is 77.1 Å². The van der Waals surface area contributed by atoms with Gasteiger partial charge < -0.3 is 14.0 Å². The van der Waals surface area contributed by atoms with Crippen molar-refractivity contribution in [2.75, 3.05) is 0 Å². The minimum atomic E-state index is -4.30. The van der Waals surface area contributed by atoms with Crippen LogP contribution >= 0.6 is 0 Å². The number of halogens is 9. The number of hydrogen-bond acceptors (Lipinski definition) is 3. The van der Waals surface area contributed by atoms with Gasteiger partial charge in [0.05, 0.1) is 0 Å². The first-order valence-corrected chi connectivity index (χ1v) is 12.1. The largest absolute Gasteiger partial charge is 0.642 e. The molecule has 3 aliphatic rings. The Kier molecular flexibility index (Phi) is 5.77. The Morgan fingerprint density at radius 1 is 0.425 bits per heavy atom. The molecule has 3 aromatic carbocycles. The summed E-state index contributed by atoms with van der Waals surface area (Å²) in [6.07, 6.45) is -9.29. The fourth-order valence-corrected chi connectivity index (χ4v) is 5.24. The average molecular weight is 572 g/mol. The molecule has 0 spiro atoms. The van der Waals surface area contributed by atoms with Gasteiger partial charge in [0.25, 0.3) is 0 Å². The van der Waals surface area contributed by atoms with Crippen LogP contribution in [-0.4, -0.2) is 43.6 Å². The van der Waals surface area contributed by atoms with Crippen LogP contribution in [0, 0.1) is 0 Å². The Hall–Kier alpha value is -3.03. The number of hydrogen-bond donors (Lipinski definition) is 0. The van der Waals surface area contributed by atoms with Crippen LogP contribution in [0.2, 0.25) is 0 Å². The Morgan fingerprint density at radius 2 is 0.625 bits per heavy atom. The van der Waals surface area contributed by atoms with Crippen LogP contribution < -0.4 is 0 Å². The van der Waals surface area contributed by atoms with Crippen molar-refractivity contribution < 1.29 is 53.5 Å². The lowest BCUT2D eigenvalue weighted by atomic mass is 10.00. The first kappa shape index (κ1) is 27.2. The van der Waals surface area contributed by atoms with E-state index in [0.29, 0.717) is 0 Å². The maximum absolute atomic E-state index is 14.8. The van der Waals surface area contributed by atoms with Crippen LogP contribution in [0.15, 0.2) is 91.0 Å². The molecule has 6 atom stereocenters. The second-order valence-corrected chi connectivity index (χ2v) is 9.90. The molecular formula is C27H18BF9O3. The van der Waals surface area contributed by atoms with E-state index in [9.17, 15) is 39.5 Å². The quantitative estimate of drug-likeness (QED) is 0.212. The highest BCUT2D eigenvalue weighted by Crippen LogP contribution is 2.69. The molecule has 13 heteroatoms. The monoisotopic (exact) mass is 572 g/mol. The molecule has 0 bridgehead atoms. The molecular weight excluding hydrogens is 554 g/mol. The summed E-state index contributed by atoms with van der Waals surface area (Å²) in [4.78, 5) is 0. The second-order valence-electron chi connectivity index (χ2n) is 9.90. The van der Waals surface area contributed by atoms with E-state index in [2.05, 4.69) is 0 Å². The SMILES string of the molecule is FC1C(F)(F)C1(OB(OC1(c2ccccc2)C(F)C1(F)F)OC1(c2ccccc2)C(F)C1(F)F)c1ccccc1. The van der Waals surface area contributed by atoms with Gasteiger partial charge in [-0.1, -0.05) is 91.0 Å². The molecule has 0 saturated heterocycles. The minimum absolute atomic E-state index is 0.508. The number of rotatable bonds is 9. The first-order valence-electron chi connectivity index (χ1n) is 12.1. The van der Waals surface area contributed by atoms with Crippen molar-refractivity contribution in [1.82, 2.24) is 0 Å². The summed E-state index contributed by atoms with van der Waals surface area (Å²) in [7, 11) is -3.02. The second kappa shape index (κ2) is 8.49. The van der Waals surface area contributed by atoms with Crippen molar-refractivity contribution >= 4 is 7.32 Å². The molecule has 6 unspecified atom stereocenters. The molecule has 40 heavy (non-hydrogen) atoms. The Morgan fingerprint density at radius 3 is 0.800 bits per heavy atom. The molecule has 0 heterocycles. The van der Waals surface area contributed by atoms with Crippen LogP contribution in [0.25, 0.3) is 0 Å². The standard InChI is InChI=1S/C27H18BF9O3/c29-19-22(25(19,32)33,16-10-4-1-5-11-16)38-28(39-23(20(30)26(23,34)35)17-12-6-2-7-13-17)40-24(21(31)27(24,36)37)18-14-8-3-9-15-18/h1-15,19-21H. The maximum Gasteiger partial charge on any atom is 0.642 e. The van der Waals surface area contributed by atoms with Crippen molar-refractivity contribution in [3.63, 3.8) is 0 Å². The van der Waals surface area contributed by atoms with Crippen LogP contribution in [-0.2, 0) is 30.8 Å². The topological polar surface area (TPSA) is 27.7 Å². The van der Waals surface area contributed by atoms with E-state index >= 15 is 0 Å². The van der Waals surface area contributed by atoms with E-state index in [1.807, 2.05) is 0 Å². The molecule has 0 aliphatic heterocycles. The van der Waals surface area contributed by atoms with E-state index in [4.69, 9.17) is 14.0 Å². The zero-order valence-electron chi connectivity index (χ0n) is 20.1. The fourth-order valence-electron chi connectivity index (χ4n) is 5.24. The van der Waals surface area contributed by atoms with Crippen molar-refractivity contribution in [2.24, 2.45) is 0 Å². The van der Waals surface area contributed by atoms with Crippen molar-refractivity contribution in [3.05, 3.63) is 108 Å².